The van der Waals surface area contributed by atoms with E-state index in [1.54, 1.807) is 0 Å². The topological polar surface area (TPSA) is 37.3 Å². The Labute approximate surface area is 71.1 Å². The van der Waals surface area contributed by atoms with Crippen molar-refractivity contribution < 1.29 is 18.7 Å². The van der Waals surface area contributed by atoms with Crippen LogP contribution in [0.3, 0.4) is 0 Å². The fourth-order valence-electron chi connectivity index (χ4n) is 0. The van der Waals surface area contributed by atoms with Gasteiger partial charge in [-0.1, -0.05) is 0 Å². The maximum atomic E-state index is 11.0. The number of hydrogen-bond acceptors (Lipinski definition) is 1. The molecule has 0 bridgehead atoms. The molecule has 8 heavy (non-hydrogen) atoms. The van der Waals surface area contributed by atoms with E-state index in [1.807, 2.05) is 0 Å². The van der Waals surface area contributed by atoms with Gasteiger partial charge in [0.2, 0.25) is 0 Å². The zero-order valence-electron chi connectivity index (χ0n) is 2.99. The standard InChI is InChI=1S/C2HClF2O2.Na.H/c3-2(4,5)1(6)7;;/h(H,6,7);;. The van der Waals surface area contributed by atoms with E-state index in [1.165, 1.54) is 0 Å². The molecule has 1 N–H and O–H groups in total. The Morgan fingerprint density at radius 2 is 1.75 bits per heavy atom. The SMILES string of the molecule is O=C(O)C(F)(F)Cl.[NaH]. The fraction of sp³-hybridized carbons (Fsp3) is 0.500. The Kier molecular flexibility index (Phi) is 5.15. The van der Waals surface area contributed by atoms with Crippen LogP contribution in [0.4, 0.5) is 8.78 Å². The Balaban J connectivity index is 0. The van der Waals surface area contributed by atoms with Crippen molar-refractivity contribution in [3.05, 3.63) is 0 Å². The van der Waals surface area contributed by atoms with E-state index in [0.29, 0.717) is 0 Å². The number of rotatable bonds is 1. The first-order chi connectivity index (χ1) is 2.94. The van der Waals surface area contributed by atoms with Crippen LogP contribution in [0.25, 0.3) is 0 Å². The zero-order chi connectivity index (χ0) is 6.08. The second kappa shape index (κ2) is 3.61. The summed E-state index contributed by atoms with van der Waals surface area (Å²) in [5.41, 5.74) is 0. The quantitative estimate of drug-likeness (QED) is 0.434. The van der Waals surface area contributed by atoms with Crippen LogP contribution in [-0.4, -0.2) is 46.0 Å². The van der Waals surface area contributed by atoms with Crippen molar-refractivity contribution in [2.75, 3.05) is 0 Å². The minimum absolute atomic E-state index is 0. The fourth-order valence-corrected chi connectivity index (χ4v) is 0. The molecule has 0 aliphatic rings. The molecule has 6 heteroatoms. The Bertz CT molecular complexity index is 90.5. The summed E-state index contributed by atoms with van der Waals surface area (Å²) >= 11 is 3.94. The molecule has 44 valence electrons. The van der Waals surface area contributed by atoms with E-state index >= 15 is 0 Å². The molecule has 0 saturated carbocycles. The molecular weight excluding hydrogens is 152 g/mol. The van der Waals surface area contributed by atoms with Gasteiger partial charge in [-0.25, -0.2) is 4.79 Å². The zero-order valence-corrected chi connectivity index (χ0v) is 3.75. The van der Waals surface area contributed by atoms with Crippen LogP contribution in [-0.2, 0) is 4.79 Å². The molecule has 0 fully saturated rings. The maximum absolute atomic E-state index is 11.0. The molecule has 0 saturated heterocycles. The molecule has 0 aromatic heterocycles. The third-order valence-electron chi connectivity index (χ3n) is 0.243. The average Bonchev–Trinajstić information content (AvgIpc) is 1.31. The second-order valence-corrected chi connectivity index (χ2v) is 1.28. The van der Waals surface area contributed by atoms with Crippen molar-refractivity contribution >= 4 is 47.1 Å². The predicted molar refractivity (Wildman–Crippen MR) is 25.6 cm³/mol. The Morgan fingerprint density at radius 1 is 1.62 bits per heavy atom. The van der Waals surface area contributed by atoms with Crippen molar-refractivity contribution in [1.82, 2.24) is 0 Å². The van der Waals surface area contributed by atoms with Gasteiger partial charge in [0.05, 0.1) is 0 Å². The number of carbonyl (C=O) groups is 1. The van der Waals surface area contributed by atoms with Crippen LogP contribution in [0.5, 0.6) is 0 Å². The summed E-state index contributed by atoms with van der Waals surface area (Å²) in [6, 6.07) is 0. The van der Waals surface area contributed by atoms with Gasteiger partial charge in [-0.05, 0) is 11.6 Å². The average molecular weight is 154 g/mol. The summed E-state index contributed by atoms with van der Waals surface area (Å²) < 4.78 is 22.0. The van der Waals surface area contributed by atoms with Crippen molar-refractivity contribution in [2.45, 2.75) is 5.38 Å². The summed E-state index contributed by atoms with van der Waals surface area (Å²) in [4.78, 5) is 9.14. The molecule has 0 aliphatic heterocycles. The van der Waals surface area contributed by atoms with Crippen LogP contribution in [0, 0.1) is 0 Å². The summed E-state index contributed by atoms with van der Waals surface area (Å²) in [7, 11) is 0. The number of hydrogen-bond donors (Lipinski definition) is 1. The van der Waals surface area contributed by atoms with E-state index in [4.69, 9.17) is 9.90 Å². The number of aliphatic carboxylic acids is 1. The summed E-state index contributed by atoms with van der Waals surface area (Å²) in [6.45, 7) is 0. The number of halogens is 3. The first-order valence-corrected chi connectivity index (χ1v) is 1.62. The summed E-state index contributed by atoms with van der Waals surface area (Å²) in [5, 5.41) is 3.26. The van der Waals surface area contributed by atoms with Crippen LogP contribution < -0.4 is 0 Å². The first kappa shape index (κ1) is 11.4. The molecular formula is C2H2ClF2NaO2. The van der Waals surface area contributed by atoms with Crippen LogP contribution in [0.15, 0.2) is 0 Å². The van der Waals surface area contributed by atoms with E-state index in [9.17, 15) is 8.78 Å². The van der Waals surface area contributed by atoms with Crippen molar-refractivity contribution in [3.8, 4) is 0 Å². The monoisotopic (exact) mass is 154 g/mol. The molecule has 0 heterocycles. The van der Waals surface area contributed by atoms with Gasteiger partial charge in [-0.2, -0.15) is 8.78 Å². The summed E-state index contributed by atoms with van der Waals surface area (Å²) in [6.07, 6.45) is 0. The van der Waals surface area contributed by atoms with Gasteiger partial charge in [-0.15, -0.1) is 0 Å². The van der Waals surface area contributed by atoms with Gasteiger partial charge in [0, 0.05) is 0 Å². The van der Waals surface area contributed by atoms with Crippen molar-refractivity contribution in [1.29, 1.82) is 0 Å². The van der Waals surface area contributed by atoms with Gasteiger partial charge < -0.3 is 5.11 Å². The number of carboxylic acid groups (broad SMARTS) is 1. The molecule has 0 aromatic rings. The van der Waals surface area contributed by atoms with Crippen LogP contribution in [0.2, 0.25) is 0 Å². The molecule has 0 aromatic carbocycles. The number of alkyl halides is 3. The molecule has 0 radical (unpaired) electrons. The van der Waals surface area contributed by atoms with E-state index in [-0.39, 0.29) is 29.6 Å². The molecule has 0 amide bonds. The second-order valence-electron chi connectivity index (χ2n) is 0.803. The third-order valence-corrected chi connectivity index (χ3v) is 0.404. The molecule has 0 atom stereocenters. The van der Waals surface area contributed by atoms with Crippen LogP contribution >= 0.6 is 11.6 Å². The first-order valence-electron chi connectivity index (χ1n) is 1.24. The van der Waals surface area contributed by atoms with E-state index in [2.05, 4.69) is 11.6 Å². The summed E-state index contributed by atoms with van der Waals surface area (Å²) in [5.74, 6) is -2.32. The Morgan fingerprint density at radius 3 is 1.75 bits per heavy atom. The van der Waals surface area contributed by atoms with Crippen LogP contribution in [0.1, 0.15) is 0 Å². The predicted octanol–water partition coefficient (Wildman–Crippen LogP) is 0.254. The van der Waals surface area contributed by atoms with Gasteiger partial charge in [-0.3, -0.25) is 0 Å². The van der Waals surface area contributed by atoms with Gasteiger partial charge in [0.1, 0.15) is 0 Å². The number of carboxylic acids is 1. The van der Waals surface area contributed by atoms with Crippen molar-refractivity contribution in [3.63, 3.8) is 0 Å². The molecule has 2 nitrogen and oxygen atoms in total. The molecule has 0 spiro atoms. The molecule has 0 aliphatic carbocycles. The van der Waals surface area contributed by atoms with Gasteiger partial charge in [0.25, 0.3) is 0 Å². The normalized spacial score (nSPS) is 9.88. The Hall–Kier alpha value is 0.620. The molecule has 0 rings (SSSR count). The third kappa shape index (κ3) is 4.77. The minimum atomic E-state index is -4.11. The van der Waals surface area contributed by atoms with Crippen molar-refractivity contribution in [2.24, 2.45) is 0 Å². The van der Waals surface area contributed by atoms with E-state index in [0.717, 1.165) is 0 Å². The van der Waals surface area contributed by atoms with Gasteiger partial charge >= 0.3 is 40.9 Å². The van der Waals surface area contributed by atoms with E-state index < -0.39 is 11.4 Å². The molecule has 0 unspecified atom stereocenters. The van der Waals surface area contributed by atoms with Gasteiger partial charge in [0.15, 0.2) is 0 Å².